The first-order chi connectivity index (χ1) is 19.9. The van der Waals surface area contributed by atoms with Crippen molar-refractivity contribution in [3.8, 4) is 22.6 Å². The van der Waals surface area contributed by atoms with E-state index in [0.717, 1.165) is 0 Å². The highest BCUT2D eigenvalue weighted by Gasteiger charge is 2.64. The molecule has 2 aromatic carbocycles. The second kappa shape index (κ2) is 10.3. The second-order valence-electron chi connectivity index (χ2n) is 10.8. The molecule has 0 heterocycles. The van der Waals surface area contributed by atoms with Gasteiger partial charge >= 0.3 is 0 Å². The molecule has 1 fully saturated rings. The first-order valence-corrected chi connectivity index (χ1v) is 13.1. The minimum atomic E-state index is -2.69. The molecule has 3 aliphatic rings. The fourth-order valence-corrected chi connectivity index (χ4v) is 6.63. The summed E-state index contributed by atoms with van der Waals surface area (Å²) >= 11 is 0. The molecule has 0 aromatic heterocycles. The number of Topliss-reactive ketones (excluding diaryl/α,β-unsaturated/α-hetero) is 2. The van der Waals surface area contributed by atoms with Crippen molar-refractivity contribution >= 4 is 29.4 Å². The molecule has 2 aromatic rings. The first-order valence-electron chi connectivity index (χ1n) is 13.1. The Morgan fingerprint density at radius 1 is 1.14 bits per heavy atom. The van der Waals surface area contributed by atoms with Gasteiger partial charge in [0, 0.05) is 17.1 Å². The van der Waals surface area contributed by atoms with Gasteiger partial charge < -0.3 is 35.7 Å². The number of aliphatic hydroxyl groups excluding tert-OH is 2. The zero-order valence-corrected chi connectivity index (χ0v) is 23.4. The molecule has 12 heteroatoms. The quantitative estimate of drug-likeness (QED) is 0.191. The van der Waals surface area contributed by atoms with E-state index in [1.54, 1.807) is 38.4 Å². The van der Waals surface area contributed by atoms with E-state index in [0.29, 0.717) is 28.0 Å². The van der Waals surface area contributed by atoms with Crippen LogP contribution in [0, 0.1) is 11.8 Å². The molecule has 1 saturated carbocycles. The lowest BCUT2D eigenvalue weighted by molar-refractivity contribution is -0.153. The van der Waals surface area contributed by atoms with Gasteiger partial charge in [0.05, 0.1) is 24.9 Å². The SMILES string of the molecule is CO/N=C/c1cc(-c2ccc(O)c3c2C[C@H]2C[C@@H]4[C@H](N(C)C)C(=O)C(C(N)=O)=C(O)[C@]4(O)C(=O)C2=C3O)ccc1OC. The largest absolute Gasteiger partial charge is 0.508 e. The lowest BCUT2D eigenvalue weighted by Crippen LogP contribution is -2.65. The zero-order chi connectivity index (χ0) is 30.7. The summed E-state index contributed by atoms with van der Waals surface area (Å²) in [6.07, 6.45) is 1.63. The number of likely N-dealkylation sites (N-methyl/N-ethyl adjacent to an activating group) is 1. The fraction of sp³-hybridized carbons (Fsp3) is 0.333. The van der Waals surface area contributed by atoms with Crippen LogP contribution in [0.2, 0.25) is 0 Å². The number of carbonyl (C=O) groups is 3. The van der Waals surface area contributed by atoms with Crippen molar-refractivity contribution in [3.63, 3.8) is 0 Å². The van der Waals surface area contributed by atoms with Crippen LogP contribution in [0.4, 0.5) is 0 Å². The van der Waals surface area contributed by atoms with Crippen molar-refractivity contribution in [1.82, 2.24) is 4.90 Å². The number of fused-ring (bicyclic) bond motifs is 3. The Morgan fingerprint density at radius 2 is 1.86 bits per heavy atom. The van der Waals surface area contributed by atoms with Crippen molar-refractivity contribution in [3.05, 3.63) is 63.9 Å². The number of nitrogens with two attached hydrogens (primary N) is 1. The van der Waals surface area contributed by atoms with Crippen molar-refractivity contribution in [1.29, 1.82) is 0 Å². The van der Waals surface area contributed by atoms with Crippen LogP contribution in [0.25, 0.3) is 16.9 Å². The summed E-state index contributed by atoms with van der Waals surface area (Å²) in [6, 6.07) is 7.24. The number of carbonyl (C=O) groups excluding carboxylic acids is 3. The molecule has 4 atom stereocenters. The molecule has 12 nitrogen and oxygen atoms in total. The van der Waals surface area contributed by atoms with Crippen molar-refractivity contribution in [2.45, 2.75) is 24.5 Å². The van der Waals surface area contributed by atoms with Gasteiger partial charge in [-0.3, -0.25) is 19.3 Å². The average molecular weight is 578 g/mol. The number of phenolic OH excluding ortho intramolecular Hbond substituents is 1. The molecular formula is C30H31N3O9. The van der Waals surface area contributed by atoms with Crippen molar-refractivity contribution in [2.75, 3.05) is 28.3 Å². The van der Waals surface area contributed by atoms with E-state index >= 15 is 0 Å². The Kier molecular flexibility index (Phi) is 7.07. The van der Waals surface area contributed by atoms with Crippen LogP contribution in [-0.2, 0) is 25.6 Å². The van der Waals surface area contributed by atoms with Crippen LogP contribution in [0.15, 0.2) is 52.4 Å². The van der Waals surface area contributed by atoms with E-state index in [9.17, 15) is 34.8 Å². The van der Waals surface area contributed by atoms with Crippen LogP contribution in [0.1, 0.15) is 23.1 Å². The van der Waals surface area contributed by atoms with Crippen LogP contribution in [0.5, 0.6) is 11.5 Å². The summed E-state index contributed by atoms with van der Waals surface area (Å²) in [5.74, 6) is -6.44. The number of aromatic hydroxyl groups is 1. The van der Waals surface area contributed by atoms with E-state index in [1.807, 2.05) is 0 Å². The monoisotopic (exact) mass is 577 g/mol. The lowest BCUT2D eigenvalue weighted by Gasteiger charge is -2.50. The van der Waals surface area contributed by atoms with Crippen LogP contribution >= 0.6 is 0 Å². The predicted octanol–water partition coefficient (Wildman–Crippen LogP) is 1.62. The Labute approximate surface area is 240 Å². The number of amides is 1. The van der Waals surface area contributed by atoms with E-state index in [-0.39, 0.29) is 29.7 Å². The van der Waals surface area contributed by atoms with Crippen molar-refractivity contribution < 1.29 is 44.4 Å². The number of methoxy groups -OCH3 is 1. The van der Waals surface area contributed by atoms with Gasteiger partial charge in [-0.1, -0.05) is 17.3 Å². The molecule has 220 valence electrons. The summed E-state index contributed by atoms with van der Waals surface area (Å²) < 4.78 is 5.41. The molecule has 1 amide bonds. The van der Waals surface area contributed by atoms with Gasteiger partial charge in [-0.05, 0) is 67.7 Å². The van der Waals surface area contributed by atoms with Crippen LogP contribution in [-0.4, -0.2) is 89.0 Å². The zero-order valence-electron chi connectivity index (χ0n) is 23.4. The summed E-state index contributed by atoms with van der Waals surface area (Å²) in [4.78, 5) is 45.7. The standard InChI is InChI=1S/C30H31N3O9/c1-33(2)24-18-11-14-10-17-16(13-5-8-20(41-3)15(9-13)12-32-42-4)6-7-19(34)22(17)25(35)21(14)27(37)30(18,40)28(38)23(26(24)36)29(31)39/h5-9,12,14,18,24,34-35,38,40H,10-11H2,1-4H3,(H2,31,39)/b32-12+/t14-,18+,24-,30+/m0/s1. The molecule has 0 bridgehead atoms. The summed E-state index contributed by atoms with van der Waals surface area (Å²) in [7, 11) is 6.03. The number of ether oxygens (including phenoxy) is 1. The van der Waals surface area contributed by atoms with Crippen LogP contribution < -0.4 is 10.5 Å². The number of rotatable bonds is 6. The Morgan fingerprint density at radius 3 is 2.48 bits per heavy atom. The highest BCUT2D eigenvalue weighted by molar-refractivity contribution is 6.24. The smallest absolute Gasteiger partial charge is 0.255 e. The highest BCUT2D eigenvalue weighted by Crippen LogP contribution is 2.53. The molecule has 0 aliphatic heterocycles. The number of nitrogens with zero attached hydrogens (tertiary/aromatic N) is 2. The van der Waals surface area contributed by atoms with Gasteiger partial charge in [0.25, 0.3) is 5.91 Å². The molecule has 0 spiro atoms. The number of oxime groups is 1. The predicted molar refractivity (Wildman–Crippen MR) is 151 cm³/mol. The third-order valence-corrected chi connectivity index (χ3v) is 8.44. The lowest BCUT2D eigenvalue weighted by atomic mass is 9.57. The van der Waals surface area contributed by atoms with Gasteiger partial charge in [-0.15, -0.1) is 0 Å². The number of hydrogen-bond acceptors (Lipinski definition) is 11. The normalized spacial score (nSPS) is 25.4. The number of hydrogen-bond donors (Lipinski definition) is 5. The van der Waals surface area contributed by atoms with Gasteiger partial charge in [0.2, 0.25) is 5.78 Å². The first kappa shape index (κ1) is 28.8. The Hall–Kier alpha value is -4.68. The minimum absolute atomic E-state index is 0.00474. The maximum absolute atomic E-state index is 14.0. The third kappa shape index (κ3) is 4.05. The molecule has 42 heavy (non-hydrogen) atoms. The molecule has 0 radical (unpaired) electrons. The minimum Gasteiger partial charge on any atom is -0.508 e. The average Bonchev–Trinajstić information content (AvgIpc) is 2.93. The maximum atomic E-state index is 14.0. The Bertz CT molecular complexity index is 1620. The number of phenols is 1. The third-order valence-electron chi connectivity index (χ3n) is 8.44. The van der Waals surface area contributed by atoms with Gasteiger partial charge in [0.15, 0.2) is 11.4 Å². The highest BCUT2D eigenvalue weighted by atomic mass is 16.6. The summed E-state index contributed by atoms with van der Waals surface area (Å²) in [6.45, 7) is 0. The van der Waals surface area contributed by atoms with Gasteiger partial charge in [0.1, 0.15) is 35.7 Å². The second-order valence-corrected chi connectivity index (χ2v) is 10.8. The van der Waals surface area contributed by atoms with Crippen LogP contribution in [0.3, 0.4) is 0 Å². The van der Waals surface area contributed by atoms with Gasteiger partial charge in [-0.25, -0.2) is 0 Å². The molecule has 3 aliphatic carbocycles. The number of primary amides is 1. The number of aliphatic hydroxyl groups is 3. The summed E-state index contributed by atoms with van der Waals surface area (Å²) in [5.41, 5.74) is 4.12. The maximum Gasteiger partial charge on any atom is 0.255 e. The number of ketones is 2. The van der Waals surface area contributed by atoms with E-state index in [4.69, 9.17) is 15.3 Å². The van der Waals surface area contributed by atoms with E-state index < -0.39 is 58.0 Å². The molecule has 6 N–H and O–H groups in total. The Balaban J connectivity index is 1.71. The van der Waals surface area contributed by atoms with E-state index in [2.05, 4.69) is 5.16 Å². The number of benzene rings is 2. The molecule has 0 unspecified atom stereocenters. The van der Waals surface area contributed by atoms with Gasteiger partial charge in [-0.2, -0.15) is 0 Å². The van der Waals surface area contributed by atoms with Crippen molar-refractivity contribution in [2.24, 2.45) is 22.7 Å². The molecular weight excluding hydrogens is 546 g/mol. The summed E-state index contributed by atoms with van der Waals surface area (Å²) in [5, 5.41) is 48.9. The molecule has 0 saturated heterocycles. The fourth-order valence-electron chi connectivity index (χ4n) is 6.63. The topological polar surface area (TPSA) is 192 Å². The molecule has 5 rings (SSSR count). The van der Waals surface area contributed by atoms with E-state index in [1.165, 1.54) is 31.4 Å².